The number of benzene rings is 9. The van der Waals surface area contributed by atoms with Gasteiger partial charge in [-0.2, -0.15) is 9.59 Å². The Morgan fingerprint density at radius 2 is 0.516 bits per heavy atom. The number of anilines is 6. The molecule has 294 valence electrons. The van der Waals surface area contributed by atoms with Gasteiger partial charge in [0.1, 0.15) is 22.1 Å². The van der Waals surface area contributed by atoms with Crippen LogP contribution in [0.5, 0.6) is 0 Å². The van der Waals surface area contributed by atoms with E-state index in [1.165, 1.54) is 0 Å². The summed E-state index contributed by atoms with van der Waals surface area (Å²) >= 11 is 0. The van der Waals surface area contributed by atoms with Gasteiger partial charge in [-0.05, 0) is 131 Å². The van der Waals surface area contributed by atoms with Crippen LogP contribution < -0.4 is 9.80 Å². The van der Waals surface area contributed by atoms with Crippen LogP contribution in [0.25, 0.3) is 55.7 Å². The second-order valence-corrected chi connectivity index (χ2v) is 15.0. The monoisotopic (exact) mass is 798 g/mol. The third-order valence-electron chi connectivity index (χ3n) is 11.0. The molecule has 0 saturated carbocycles. The summed E-state index contributed by atoms with van der Waals surface area (Å²) in [7, 11) is 0. The molecule has 0 fully saturated rings. The molecule has 0 atom stereocenters. The molecule has 2 heterocycles. The Balaban J connectivity index is 0.849. The van der Waals surface area contributed by atoms with Gasteiger partial charge >= 0.3 is 0 Å². The lowest BCUT2D eigenvalue weighted by atomic mass is 9.99. The normalized spacial score (nSPS) is 11.2. The number of hydrogen-bond donors (Lipinski definition) is 0. The quantitative estimate of drug-likeness (QED) is 0.137. The van der Waals surface area contributed by atoms with Crippen molar-refractivity contribution in [3.05, 3.63) is 231 Å². The first-order valence-electron chi connectivity index (χ1n) is 20.6. The van der Waals surface area contributed by atoms with Crippen LogP contribution in [0.4, 0.5) is 34.1 Å². The molecule has 0 saturated heterocycles. The summed E-state index contributed by atoms with van der Waals surface area (Å²) in [6.07, 6.45) is 0. The highest BCUT2D eigenvalue weighted by Crippen LogP contribution is 2.39. The summed E-state index contributed by atoms with van der Waals surface area (Å²) in [5.41, 5.74) is 16.0. The molecule has 9 aromatic carbocycles. The van der Waals surface area contributed by atoms with E-state index in [0.717, 1.165) is 89.8 Å². The van der Waals surface area contributed by atoms with Crippen LogP contribution >= 0.6 is 0 Å². The van der Waals surface area contributed by atoms with Crippen molar-refractivity contribution in [1.82, 2.24) is 30.0 Å². The van der Waals surface area contributed by atoms with E-state index >= 15 is 0 Å². The van der Waals surface area contributed by atoms with E-state index in [4.69, 9.17) is 20.4 Å². The second kappa shape index (κ2) is 15.9. The minimum Gasteiger partial charge on any atom is -0.310 e. The smallest absolute Gasteiger partial charge is 0.115 e. The lowest BCUT2D eigenvalue weighted by molar-refractivity contribution is 0.765. The highest BCUT2D eigenvalue weighted by molar-refractivity contribution is 5.87. The van der Waals surface area contributed by atoms with Gasteiger partial charge in [0.05, 0.1) is 11.4 Å². The van der Waals surface area contributed by atoms with E-state index in [9.17, 15) is 0 Å². The summed E-state index contributed by atoms with van der Waals surface area (Å²) in [6, 6.07) is 79.6. The van der Waals surface area contributed by atoms with Crippen LogP contribution in [0.2, 0.25) is 0 Å². The van der Waals surface area contributed by atoms with Gasteiger partial charge < -0.3 is 9.80 Å². The molecular weight excluding hydrogens is 761 g/mol. The number of para-hydroxylation sites is 4. The molecule has 0 aliphatic carbocycles. The number of hydrogen-bond acceptors (Lipinski definition) is 6. The molecule has 0 unspecified atom stereocenters. The Hall–Kier alpha value is -8.62. The van der Waals surface area contributed by atoms with Crippen LogP contribution in [0.1, 0.15) is 0 Å². The van der Waals surface area contributed by atoms with Crippen molar-refractivity contribution in [2.45, 2.75) is 0 Å². The highest BCUT2D eigenvalue weighted by Gasteiger charge is 2.17. The molecule has 0 aliphatic heterocycles. The van der Waals surface area contributed by atoms with Gasteiger partial charge in [0.25, 0.3) is 0 Å². The van der Waals surface area contributed by atoms with Gasteiger partial charge in [0, 0.05) is 34.1 Å². The number of aromatic nitrogens is 6. The minimum atomic E-state index is 0.829. The topological polar surface area (TPSA) is 67.9 Å². The van der Waals surface area contributed by atoms with Gasteiger partial charge in [-0.1, -0.05) is 121 Å². The average molecular weight is 799 g/mol. The molecule has 0 radical (unpaired) electrons. The number of nitrogens with zero attached hydrogens (tertiary/aromatic N) is 8. The van der Waals surface area contributed by atoms with Gasteiger partial charge in [0.15, 0.2) is 0 Å². The summed E-state index contributed by atoms with van der Waals surface area (Å²) in [5, 5.41) is 19.1. The zero-order chi connectivity index (χ0) is 41.2. The summed E-state index contributed by atoms with van der Waals surface area (Å²) in [4.78, 5) is 7.90. The molecule has 8 nitrogen and oxygen atoms in total. The molecule has 0 N–H and O–H groups in total. The van der Waals surface area contributed by atoms with Crippen molar-refractivity contribution in [3.8, 4) is 33.6 Å². The van der Waals surface area contributed by atoms with Crippen LogP contribution in [0, 0.1) is 0 Å². The Kier molecular flexibility index (Phi) is 9.33. The lowest BCUT2D eigenvalue weighted by Crippen LogP contribution is -2.09. The maximum absolute atomic E-state index is 4.82. The molecule has 11 rings (SSSR count). The predicted molar refractivity (Wildman–Crippen MR) is 252 cm³/mol. The zero-order valence-corrected chi connectivity index (χ0v) is 33.5. The Morgan fingerprint density at radius 1 is 0.242 bits per heavy atom. The van der Waals surface area contributed by atoms with E-state index in [1.54, 1.807) is 9.59 Å². The van der Waals surface area contributed by atoms with Gasteiger partial charge in [-0.25, -0.2) is 0 Å². The van der Waals surface area contributed by atoms with Crippen LogP contribution in [-0.2, 0) is 0 Å². The molecule has 0 amide bonds. The van der Waals surface area contributed by atoms with E-state index in [0.29, 0.717) is 0 Å². The first-order chi connectivity index (χ1) is 30.7. The van der Waals surface area contributed by atoms with Crippen molar-refractivity contribution in [2.24, 2.45) is 0 Å². The molecule has 8 heteroatoms. The maximum atomic E-state index is 4.82. The zero-order valence-electron chi connectivity index (χ0n) is 33.5. The van der Waals surface area contributed by atoms with Crippen molar-refractivity contribution in [3.63, 3.8) is 0 Å². The molecule has 0 bridgehead atoms. The summed E-state index contributed by atoms with van der Waals surface area (Å²) in [5.74, 6) is 0. The van der Waals surface area contributed by atoms with Crippen LogP contribution in [-0.4, -0.2) is 30.0 Å². The van der Waals surface area contributed by atoms with Crippen molar-refractivity contribution >= 4 is 56.2 Å². The van der Waals surface area contributed by atoms with E-state index in [1.807, 2.05) is 84.9 Å². The van der Waals surface area contributed by atoms with Crippen molar-refractivity contribution < 1.29 is 0 Å². The molecule has 2 aromatic heterocycles. The first kappa shape index (κ1) is 36.5. The Bertz CT molecular complexity index is 3030. The molecular formula is C54H38N8. The summed E-state index contributed by atoms with van der Waals surface area (Å²) < 4.78 is 0. The van der Waals surface area contributed by atoms with E-state index in [2.05, 4.69) is 155 Å². The maximum Gasteiger partial charge on any atom is 0.115 e. The highest BCUT2D eigenvalue weighted by atomic mass is 15.5. The van der Waals surface area contributed by atoms with Gasteiger partial charge in [-0.15, -0.1) is 20.4 Å². The number of fused-ring (bicyclic) bond motifs is 2. The molecule has 0 spiro atoms. The molecule has 0 aliphatic rings. The minimum absolute atomic E-state index is 0.829. The first-order valence-corrected chi connectivity index (χ1v) is 20.6. The van der Waals surface area contributed by atoms with E-state index in [-0.39, 0.29) is 0 Å². The third kappa shape index (κ3) is 7.12. The third-order valence-corrected chi connectivity index (χ3v) is 11.0. The SMILES string of the molecule is c1ccc(N(c2ccc(-c3ccc(-c4ccc(N(c5ccccc5)c5ccc6nn(-c7ccccc7)nc6c5)cc4)cc3)cc2)c2ccc3nn(-c4ccccc4)nc3c2)cc1. The van der Waals surface area contributed by atoms with Crippen molar-refractivity contribution in [1.29, 1.82) is 0 Å². The lowest BCUT2D eigenvalue weighted by Gasteiger charge is -2.25. The van der Waals surface area contributed by atoms with E-state index < -0.39 is 0 Å². The largest absolute Gasteiger partial charge is 0.310 e. The Labute approximate surface area is 358 Å². The van der Waals surface area contributed by atoms with Gasteiger partial charge in [-0.3, -0.25) is 0 Å². The standard InChI is InChI=1S/C54H38N8/c1-5-13-43(14-6-1)59(49-33-35-51-53(37-49)57-61(55-51)47-17-9-3-10-18-47)45-29-25-41(26-30-45)39-21-23-40(24-22-39)42-27-31-46(32-28-42)60(44-15-7-2-8-16-44)50-34-36-52-54(38-50)58-62(56-52)48-19-11-4-12-20-48/h1-38H. The average Bonchev–Trinajstić information content (AvgIpc) is 3.98. The van der Waals surface area contributed by atoms with Crippen LogP contribution in [0.3, 0.4) is 0 Å². The fraction of sp³-hybridized carbons (Fsp3) is 0. The Morgan fingerprint density at radius 3 is 0.871 bits per heavy atom. The van der Waals surface area contributed by atoms with Crippen molar-refractivity contribution in [2.75, 3.05) is 9.80 Å². The predicted octanol–water partition coefficient (Wildman–Crippen LogP) is 13.4. The molecule has 11 aromatic rings. The number of rotatable bonds is 10. The van der Waals surface area contributed by atoms with Crippen LogP contribution in [0.15, 0.2) is 231 Å². The van der Waals surface area contributed by atoms with Gasteiger partial charge in [0.2, 0.25) is 0 Å². The summed E-state index contributed by atoms with van der Waals surface area (Å²) in [6.45, 7) is 0. The fourth-order valence-corrected chi connectivity index (χ4v) is 7.95. The fourth-order valence-electron chi connectivity index (χ4n) is 7.95. The molecule has 62 heavy (non-hydrogen) atoms. The second-order valence-electron chi connectivity index (χ2n) is 15.0.